The fourth-order valence-electron chi connectivity index (χ4n) is 9.10. The van der Waals surface area contributed by atoms with Crippen LogP contribution in [0.2, 0.25) is 0 Å². The second kappa shape index (κ2) is 7.36. The minimum Gasteiger partial charge on any atom is -0.462 e. The van der Waals surface area contributed by atoms with Crippen molar-refractivity contribution in [2.45, 2.75) is 97.6 Å². The molecule has 4 fully saturated rings. The summed E-state index contributed by atoms with van der Waals surface area (Å²) in [5, 5.41) is 0. The number of fused-ring (bicyclic) bond motifs is 4. The Morgan fingerprint density at radius 3 is 2.70 bits per heavy atom. The fourth-order valence-corrected chi connectivity index (χ4v) is 9.10. The number of allylic oxidation sites excluding steroid dienone is 1. The second-order valence-electron chi connectivity index (χ2n) is 12.3. The Morgan fingerprint density at radius 2 is 1.93 bits per heavy atom. The SMILES string of the molecule is CC(C)CC(=O)O[C@H]1CC[C@@]2(C)C(=CC[C@H]3[C@@H]4CC[C@@H]5[C@H](C)N(C)C[C@@]54CC[C@@H]32)C1. The van der Waals surface area contributed by atoms with Gasteiger partial charge in [0.05, 0.1) is 0 Å². The number of carbonyl (C=O) groups is 1. The molecule has 5 aliphatic rings. The van der Waals surface area contributed by atoms with Gasteiger partial charge in [-0.25, -0.2) is 0 Å². The third-order valence-electron chi connectivity index (χ3n) is 10.5. The van der Waals surface area contributed by atoms with Crippen LogP contribution in [0.5, 0.6) is 0 Å². The van der Waals surface area contributed by atoms with Crippen LogP contribution in [0.3, 0.4) is 0 Å². The van der Waals surface area contributed by atoms with Crippen molar-refractivity contribution in [2.75, 3.05) is 13.6 Å². The van der Waals surface area contributed by atoms with E-state index in [1.807, 2.05) is 0 Å². The van der Waals surface area contributed by atoms with E-state index in [0.29, 0.717) is 23.2 Å². The van der Waals surface area contributed by atoms with E-state index in [1.54, 1.807) is 5.57 Å². The Morgan fingerprint density at radius 1 is 1.17 bits per heavy atom. The number of esters is 1. The van der Waals surface area contributed by atoms with Crippen LogP contribution < -0.4 is 0 Å². The van der Waals surface area contributed by atoms with E-state index in [2.05, 4.69) is 45.7 Å². The number of rotatable bonds is 3. The van der Waals surface area contributed by atoms with Gasteiger partial charge in [-0.15, -0.1) is 0 Å². The molecule has 8 atom stereocenters. The summed E-state index contributed by atoms with van der Waals surface area (Å²) in [5.41, 5.74) is 2.58. The quantitative estimate of drug-likeness (QED) is 0.430. The van der Waals surface area contributed by atoms with E-state index in [9.17, 15) is 4.79 Å². The van der Waals surface area contributed by atoms with Crippen molar-refractivity contribution in [3.63, 3.8) is 0 Å². The van der Waals surface area contributed by atoms with E-state index in [1.165, 1.54) is 45.1 Å². The van der Waals surface area contributed by atoms with Crippen LogP contribution in [0.1, 0.15) is 85.5 Å². The Kier molecular flexibility index (Phi) is 5.16. The van der Waals surface area contributed by atoms with Gasteiger partial charge in [0.25, 0.3) is 0 Å². The summed E-state index contributed by atoms with van der Waals surface area (Å²) < 4.78 is 5.90. The first-order chi connectivity index (χ1) is 14.2. The highest BCUT2D eigenvalue weighted by Crippen LogP contribution is 2.68. The molecule has 30 heavy (non-hydrogen) atoms. The molecule has 0 N–H and O–H groups in total. The van der Waals surface area contributed by atoms with Gasteiger partial charge < -0.3 is 9.64 Å². The van der Waals surface area contributed by atoms with Crippen molar-refractivity contribution in [1.29, 1.82) is 0 Å². The molecule has 3 nitrogen and oxygen atoms in total. The predicted molar refractivity (Wildman–Crippen MR) is 121 cm³/mol. The molecule has 1 saturated heterocycles. The van der Waals surface area contributed by atoms with Crippen LogP contribution in [-0.4, -0.2) is 36.6 Å². The summed E-state index contributed by atoms with van der Waals surface area (Å²) in [4.78, 5) is 14.9. The lowest BCUT2D eigenvalue weighted by Gasteiger charge is -2.58. The third-order valence-corrected chi connectivity index (χ3v) is 10.5. The average Bonchev–Trinajstić information content (AvgIpc) is 3.16. The van der Waals surface area contributed by atoms with E-state index in [4.69, 9.17) is 4.74 Å². The molecule has 4 aliphatic carbocycles. The molecule has 0 amide bonds. The van der Waals surface area contributed by atoms with E-state index < -0.39 is 0 Å². The number of nitrogens with zero attached hydrogens (tertiary/aromatic N) is 1. The van der Waals surface area contributed by atoms with E-state index in [0.717, 1.165) is 42.6 Å². The number of ether oxygens (including phenoxy) is 1. The molecule has 0 aromatic heterocycles. The fraction of sp³-hybridized carbons (Fsp3) is 0.889. The topological polar surface area (TPSA) is 29.5 Å². The summed E-state index contributed by atoms with van der Waals surface area (Å²) in [6, 6.07) is 0.771. The molecule has 1 heterocycles. The first-order valence-corrected chi connectivity index (χ1v) is 12.8. The molecule has 0 radical (unpaired) electrons. The van der Waals surface area contributed by atoms with Gasteiger partial charge in [-0.3, -0.25) is 4.79 Å². The maximum atomic E-state index is 12.2. The minimum atomic E-state index is 0.00367. The molecule has 168 valence electrons. The van der Waals surface area contributed by atoms with Gasteiger partial charge in [0.15, 0.2) is 0 Å². The standard InChI is InChI=1S/C27H43NO2/c1-17(2)14-25(29)30-20-10-12-26(4)19(15-20)6-7-21-23(26)11-13-27-16-28(5)18(3)22(27)8-9-24(21)27/h6,17-18,20-24H,7-16H2,1-5H3/t18-,20-,21+,22+,23-,24-,26-,27-/m0/s1. The number of hydrogen-bond donors (Lipinski definition) is 0. The van der Waals surface area contributed by atoms with Crippen molar-refractivity contribution >= 4 is 5.97 Å². The van der Waals surface area contributed by atoms with Gasteiger partial charge >= 0.3 is 5.97 Å². The summed E-state index contributed by atoms with van der Waals surface area (Å²) in [6.07, 6.45) is 13.6. The Balaban J connectivity index is 1.33. The van der Waals surface area contributed by atoms with Gasteiger partial charge in [-0.2, -0.15) is 0 Å². The van der Waals surface area contributed by atoms with E-state index >= 15 is 0 Å². The zero-order chi connectivity index (χ0) is 21.3. The summed E-state index contributed by atoms with van der Waals surface area (Å²) in [5.74, 6) is 3.98. The Labute approximate surface area is 184 Å². The van der Waals surface area contributed by atoms with Gasteiger partial charge in [0, 0.05) is 25.4 Å². The van der Waals surface area contributed by atoms with Gasteiger partial charge in [-0.1, -0.05) is 32.4 Å². The molecule has 0 unspecified atom stereocenters. The monoisotopic (exact) mass is 413 g/mol. The summed E-state index contributed by atoms with van der Waals surface area (Å²) >= 11 is 0. The lowest BCUT2D eigenvalue weighted by molar-refractivity contribution is -0.152. The minimum absolute atomic E-state index is 0.00367. The molecule has 3 heteroatoms. The zero-order valence-electron chi connectivity index (χ0n) is 20.0. The molecule has 1 spiro atoms. The second-order valence-corrected chi connectivity index (χ2v) is 12.3. The van der Waals surface area contributed by atoms with Crippen molar-refractivity contribution in [3.05, 3.63) is 11.6 Å². The van der Waals surface area contributed by atoms with Crippen LogP contribution >= 0.6 is 0 Å². The first kappa shape index (κ1) is 21.0. The largest absolute Gasteiger partial charge is 0.462 e. The van der Waals surface area contributed by atoms with Gasteiger partial charge in [0.1, 0.15) is 6.10 Å². The van der Waals surface area contributed by atoms with Crippen LogP contribution in [-0.2, 0) is 9.53 Å². The molecule has 0 bridgehead atoms. The van der Waals surface area contributed by atoms with Crippen molar-refractivity contribution in [3.8, 4) is 0 Å². The number of hydrogen-bond acceptors (Lipinski definition) is 3. The lowest BCUT2D eigenvalue weighted by atomic mass is 9.47. The maximum Gasteiger partial charge on any atom is 0.306 e. The van der Waals surface area contributed by atoms with Gasteiger partial charge in [-0.05, 0) is 99.3 Å². The Hall–Kier alpha value is -0.830. The molecular formula is C27H43NO2. The normalized spacial score (nSPS) is 47.9. The third kappa shape index (κ3) is 3.05. The zero-order valence-corrected chi connectivity index (χ0v) is 20.0. The van der Waals surface area contributed by atoms with Crippen molar-refractivity contribution < 1.29 is 9.53 Å². The Bertz CT molecular complexity index is 728. The van der Waals surface area contributed by atoms with Gasteiger partial charge in [0.2, 0.25) is 0 Å². The number of likely N-dealkylation sites (tertiary alicyclic amines) is 1. The molecule has 0 aromatic carbocycles. The van der Waals surface area contributed by atoms with Crippen LogP contribution in [0.25, 0.3) is 0 Å². The van der Waals surface area contributed by atoms with Crippen molar-refractivity contribution in [2.24, 2.45) is 40.4 Å². The first-order valence-electron chi connectivity index (χ1n) is 12.8. The van der Waals surface area contributed by atoms with E-state index in [-0.39, 0.29) is 12.1 Å². The van der Waals surface area contributed by atoms with Crippen LogP contribution in [0, 0.1) is 40.4 Å². The lowest BCUT2D eigenvalue weighted by Crippen LogP contribution is -2.51. The highest BCUT2D eigenvalue weighted by atomic mass is 16.5. The molecular weight excluding hydrogens is 370 g/mol. The molecule has 0 aromatic rings. The maximum absolute atomic E-state index is 12.2. The van der Waals surface area contributed by atoms with Crippen molar-refractivity contribution in [1.82, 2.24) is 4.90 Å². The number of carbonyl (C=O) groups excluding carboxylic acids is 1. The average molecular weight is 414 g/mol. The van der Waals surface area contributed by atoms with Crippen LogP contribution in [0.4, 0.5) is 0 Å². The molecule has 1 aliphatic heterocycles. The predicted octanol–water partition coefficient (Wildman–Crippen LogP) is 5.84. The molecule has 3 saturated carbocycles. The van der Waals surface area contributed by atoms with Crippen LogP contribution in [0.15, 0.2) is 11.6 Å². The summed E-state index contributed by atoms with van der Waals surface area (Å²) in [7, 11) is 2.36. The molecule has 5 rings (SSSR count). The smallest absolute Gasteiger partial charge is 0.306 e. The highest BCUT2D eigenvalue weighted by molar-refractivity contribution is 5.69. The highest BCUT2D eigenvalue weighted by Gasteiger charge is 2.64. The summed E-state index contributed by atoms with van der Waals surface area (Å²) in [6.45, 7) is 10.6.